The molecule has 0 saturated carbocycles. The van der Waals surface area contributed by atoms with E-state index in [-0.39, 0.29) is 0 Å². The maximum Gasteiger partial charge on any atom is 0.118 e. The van der Waals surface area contributed by atoms with Crippen molar-refractivity contribution in [3.8, 4) is 5.75 Å². The Bertz CT molecular complexity index is 395. The summed E-state index contributed by atoms with van der Waals surface area (Å²) in [6, 6.07) is 8.18. The van der Waals surface area contributed by atoms with Gasteiger partial charge in [-0.25, -0.2) is 0 Å². The smallest absolute Gasteiger partial charge is 0.118 e. The van der Waals surface area contributed by atoms with Crippen LogP contribution < -0.4 is 10.5 Å². The van der Waals surface area contributed by atoms with Gasteiger partial charge in [0.15, 0.2) is 0 Å². The summed E-state index contributed by atoms with van der Waals surface area (Å²) in [6.45, 7) is 3.47. The number of hydrogen-bond acceptors (Lipinski definition) is 4. The number of nitrogens with zero attached hydrogens (tertiary/aromatic N) is 1. The first kappa shape index (κ1) is 16.9. The van der Waals surface area contributed by atoms with Crippen molar-refractivity contribution < 1.29 is 9.47 Å². The highest BCUT2D eigenvalue weighted by Crippen LogP contribution is 2.12. The summed E-state index contributed by atoms with van der Waals surface area (Å²) in [4.78, 5) is 2.89. The summed E-state index contributed by atoms with van der Waals surface area (Å²) >= 11 is 4.94. The number of rotatable bonds is 10. The quantitative estimate of drug-likeness (QED) is 0.668. The first-order valence-corrected chi connectivity index (χ1v) is 7.19. The second kappa shape index (κ2) is 9.69. The van der Waals surface area contributed by atoms with Gasteiger partial charge in [0.05, 0.1) is 18.7 Å². The lowest BCUT2D eigenvalue weighted by Crippen LogP contribution is -2.32. The molecule has 0 spiro atoms. The van der Waals surface area contributed by atoms with Crippen molar-refractivity contribution in [2.75, 3.05) is 40.5 Å². The molecule has 0 bridgehead atoms. The lowest BCUT2D eigenvalue weighted by atomic mass is 10.1. The minimum absolute atomic E-state index is 0.567. The van der Waals surface area contributed by atoms with Gasteiger partial charge in [0.2, 0.25) is 0 Å². The van der Waals surface area contributed by atoms with E-state index in [1.807, 2.05) is 12.1 Å². The first-order valence-electron chi connectivity index (χ1n) is 6.78. The number of ether oxygens (including phenoxy) is 2. The summed E-state index contributed by atoms with van der Waals surface area (Å²) in [7, 11) is 3.40. The van der Waals surface area contributed by atoms with E-state index in [9.17, 15) is 0 Å². The molecule has 0 unspecified atom stereocenters. The zero-order valence-electron chi connectivity index (χ0n) is 12.3. The number of thiocarbonyl (C=S) groups is 1. The van der Waals surface area contributed by atoms with Crippen LogP contribution in [0.15, 0.2) is 24.3 Å². The van der Waals surface area contributed by atoms with Crippen molar-refractivity contribution in [3.63, 3.8) is 0 Å². The Morgan fingerprint density at radius 1 is 1.15 bits per heavy atom. The van der Waals surface area contributed by atoms with Crippen LogP contribution in [-0.2, 0) is 11.2 Å². The Kier molecular flexibility index (Phi) is 8.18. The van der Waals surface area contributed by atoms with Gasteiger partial charge in [0, 0.05) is 33.2 Å². The standard InChI is InChI=1S/C15H24N2O2S/c1-18-12-11-17(10-8-15(16)20)9-7-13-3-5-14(19-2)6-4-13/h3-6H,7-12H2,1-2H3,(H2,16,20). The van der Waals surface area contributed by atoms with Crippen LogP contribution in [0.5, 0.6) is 5.75 Å². The maximum absolute atomic E-state index is 5.57. The second-order valence-corrected chi connectivity index (χ2v) is 5.17. The summed E-state index contributed by atoms with van der Waals surface area (Å²) in [5, 5.41) is 0. The van der Waals surface area contributed by atoms with Crippen molar-refractivity contribution in [2.45, 2.75) is 12.8 Å². The van der Waals surface area contributed by atoms with E-state index in [4.69, 9.17) is 27.4 Å². The molecule has 1 aromatic rings. The zero-order chi connectivity index (χ0) is 14.8. The molecule has 0 atom stereocenters. The molecule has 0 aliphatic heterocycles. The largest absolute Gasteiger partial charge is 0.497 e. The molecule has 0 aromatic heterocycles. The van der Waals surface area contributed by atoms with E-state index >= 15 is 0 Å². The maximum atomic E-state index is 5.57. The van der Waals surface area contributed by atoms with Gasteiger partial charge in [-0.05, 0) is 24.1 Å². The molecule has 1 rings (SSSR count). The van der Waals surface area contributed by atoms with E-state index < -0.39 is 0 Å². The van der Waals surface area contributed by atoms with Crippen LogP contribution in [0.1, 0.15) is 12.0 Å². The molecule has 112 valence electrons. The molecule has 0 heterocycles. The summed E-state index contributed by atoms with van der Waals surface area (Å²) in [6.07, 6.45) is 1.74. The number of benzene rings is 1. The Labute approximate surface area is 126 Å². The number of nitrogens with two attached hydrogens (primary N) is 1. The Hall–Kier alpha value is -1.17. The van der Waals surface area contributed by atoms with Gasteiger partial charge >= 0.3 is 0 Å². The van der Waals surface area contributed by atoms with E-state index in [1.165, 1.54) is 5.56 Å². The van der Waals surface area contributed by atoms with Gasteiger partial charge in [0.25, 0.3) is 0 Å². The molecular weight excluding hydrogens is 272 g/mol. The lowest BCUT2D eigenvalue weighted by Gasteiger charge is -2.21. The molecule has 20 heavy (non-hydrogen) atoms. The molecule has 0 aliphatic carbocycles. The Balaban J connectivity index is 2.44. The highest BCUT2D eigenvalue weighted by molar-refractivity contribution is 7.80. The molecule has 0 fully saturated rings. The van der Waals surface area contributed by atoms with Crippen LogP contribution in [0.2, 0.25) is 0 Å². The number of methoxy groups -OCH3 is 2. The molecule has 0 aliphatic rings. The molecule has 1 aromatic carbocycles. The third-order valence-electron chi connectivity index (χ3n) is 3.16. The van der Waals surface area contributed by atoms with Crippen molar-refractivity contribution in [3.05, 3.63) is 29.8 Å². The summed E-state index contributed by atoms with van der Waals surface area (Å²) < 4.78 is 10.3. The van der Waals surface area contributed by atoms with Crippen LogP contribution in [0.25, 0.3) is 0 Å². The van der Waals surface area contributed by atoms with E-state index in [0.29, 0.717) is 4.99 Å². The lowest BCUT2D eigenvalue weighted by molar-refractivity contribution is 0.150. The predicted molar refractivity (Wildman–Crippen MR) is 86.4 cm³/mol. The Morgan fingerprint density at radius 3 is 2.40 bits per heavy atom. The zero-order valence-corrected chi connectivity index (χ0v) is 13.1. The van der Waals surface area contributed by atoms with Crippen LogP contribution in [0, 0.1) is 0 Å². The normalized spacial score (nSPS) is 10.8. The fourth-order valence-corrected chi connectivity index (χ4v) is 1.99. The van der Waals surface area contributed by atoms with Crippen LogP contribution in [-0.4, -0.2) is 50.3 Å². The monoisotopic (exact) mass is 296 g/mol. The summed E-state index contributed by atoms with van der Waals surface area (Å²) in [5.41, 5.74) is 6.86. The molecule has 2 N–H and O–H groups in total. The average Bonchev–Trinajstić information content (AvgIpc) is 2.46. The van der Waals surface area contributed by atoms with Crippen molar-refractivity contribution in [2.24, 2.45) is 5.73 Å². The van der Waals surface area contributed by atoms with Crippen molar-refractivity contribution >= 4 is 17.2 Å². The minimum Gasteiger partial charge on any atom is -0.497 e. The van der Waals surface area contributed by atoms with Gasteiger partial charge in [-0.15, -0.1) is 0 Å². The third-order valence-corrected chi connectivity index (χ3v) is 3.37. The molecule has 0 radical (unpaired) electrons. The highest BCUT2D eigenvalue weighted by atomic mass is 32.1. The van der Waals surface area contributed by atoms with Gasteiger partial charge < -0.3 is 20.1 Å². The van der Waals surface area contributed by atoms with E-state index in [0.717, 1.165) is 44.8 Å². The van der Waals surface area contributed by atoms with Gasteiger partial charge in [-0.1, -0.05) is 24.4 Å². The molecule has 4 nitrogen and oxygen atoms in total. The average molecular weight is 296 g/mol. The summed E-state index contributed by atoms with van der Waals surface area (Å²) in [5.74, 6) is 0.887. The molecule has 0 amide bonds. The van der Waals surface area contributed by atoms with Crippen LogP contribution >= 0.6 is 12.2 Å². The highest BCUT2D eigenvalue weighted by Gasteiger charge is 2.06. The second-order valence-electron chi connectivity index (χ2n) is 4.65. The van der Waals surface area contributed by atoms with Gasteiger partial charge in [-0.2, -0.15) is 0 Å². The fourth-order valence-electron chi connectivity index (χ4n) is 1.90. The van der Waals surface area contributed by atoms with Crippen molar-refractivity contribution in [1.82, 2.24) is 4.90 Å². The van der Waals surface area contributed by atoms with E-state index in [2.05, 4.69) is 17.0 Å². The molecule has 5 heteroatoms. The SMILES string of the molecule is COCCN(CCC(N)=S)CCc1ccc(OC)cc1. The fraction of sp³-hybridized carbons (Fsp3) is 0.533. The minimum atomic E-state index is 0.567. The molecule has 0 saturated heterocycles. The third kappa shape index (κ3) is 6.84. The first-order chi connectivity index (χ1) is 9.65. The predicted octanol–water partition coefficient (Wildman–Crippen LogP) is 1.86. The topological polar surface area (TPSA) is 47.7 Å². The molecular formula is C15H24N2O2S. The van der Waals surface area contributed by atoms with E-state index in [1.54, 1.807) is 14.2 Å². The van der Waals surface area contributed by atoms with Gasteiger partial charge in [0.1, 0.15) is 5.75 Å². The van der Waals surface area contributed by atoms with Crippen molar-refractivity contribution in [1.29, 1.82) is 0 Å². The number of hydrogen-bond donors (Lipinski definition) is 1. The van der Waals surface area contributed by atoms with Gasteiger partial charge in [-0.3, -0.25) is 0 Å². The van der Waals surface area contributed by atoms with Crippen LogP contribution in [0.4, 0.5) is 0 Å². The Morgan fingerprint density at radius 2 is 1.85 bits per heavy atom. The van der Waals surface area contributed by atoms with Crippen LogP contribution in [0.3, 0.4) is 0 Å².